The van der Waals surface area contributed by atoms with Crippen LogP contribution in [0.1, 0.15) is 26.7 Å². The van der Waals surface area contributed by atoms with Gasteiger partial charge < -0.3 is 15.4 Å². The zero-order chi connectivity index (χ0) is 27.9. The fourth-order valence-corrected chi connectivity index (χ4v) is 5.79. The Kier molecular flexibility index (Phi) is 8.59. The standard InChI is InChI=1S/C32H27N3O3S2/c1-21-7-6-10-24(19-21)30(36)33-25-13-17-27(18-14-25)40-29(23-8-4-3-5-9-23)31(37)35-32-34-28(20-39-32)22-11-15-26(38-2)16-12-22/h3-20,29H,1-2H3,(H,33,36)(H,34,35,37). The van der Waals surface area contributed by atoms with Crippen LogP contribution in [0.5, 0.6) is 5.75 Å². The van der Waals surface area contributed by atoms with Crippen LogP contribution in [0.15, 0.2) is 113 Å². The van der Waals surface area contributed by atoms with Crippen LogP contribution in [0.25, 0.3) is 11.3 Å². The van der Waals surface area contributed by atoms with Crippen molar-refractivity contribution in [2.24, 2.45) is 0 Å². The molecule has 0 radical (unpaired) electrons. The molecule has 2 amide bonds. The van der Waals surface area contributed by atoms with E-state index in [0.29, 0.717) is 16.4 Å². The largest absolute Gasteiger partial charge is 0.497 e. The Bertz CT molecular complexity index is 1600. The lowest BCUT2D eigenvalue weighted by Crippen LogP contribution is -2.19. The van der Waals surface area contributed by atoms with Crippen LogP contribution in [0.2, 0.25) is 0 Å². The molecule has 6 nitrogen and oxygen atoms in total. The molecule has 0 spiro atoms. The Morgan fingerprint density at radius 2 is 1.62 bits per heavy atom. The molecule has 5 rings (SSSR count). The Morgan fingerprint density at radius 3 is 2.33 bits per heavy atom. The van der Waals surface area contributed by atoms with E-state index in [9.17, 15) is 9.59 Å². The summed E-state index contributed by atoms with van der Waals surface area (Å²) in [4.78, 5) is 31.6. The Balaban J connectivity index is 1.29. The van der Waals surface area contributed by atoms with Gasteiger partial charge in [0, 0.05) is 27.1 Å². The maximum Gasteiger partial charge on any atom is 0.255 e. The normalized spacial score (nSPS) is 11.4. The number of hydrogen-bond acceptors (Lipinski definition) is 6. The summed E-state index contributed by atoms with van der Waals surface area (Å²) in [6.07, 6.45) is 0. The second kappa shape index (κ2) is 12.6. The van der Waals surface area contributed by atoms with Gasteiger partial charge in [-0.1, -0.05) is 48.0 Å². The second-order valence-electron chi connectivity index (χ2n) is 9.01. The van der Waals surface area contributed by atoms with Crippen LogP contribution < -0.4 is 15.4 Å². The Morgan fingerprint density at radius 1 is 0.875 bits per heavy atom. The van der Waals surface area contributed by atoms with Gasteiger partial charge in [0.1, 0.15) is 11.0 Å². The van der Waals surface area contributed by atoms with Crippen molar-refractivity contribution in [3.8, 4) is 17.0 Å². The molecule has 40 heavy (non-hydrogen) atoms. The molecule has 0 aliphatic carbocycles. The van der Waals surface area contributed by atoms with Crippen molar-refractivity contribution in [1.82, 2.24) is 4.98 Å². The maximum atomic E-state index is 13.5. The summed E-state index contributed by atoms with van der Waals surface area (Å²) in [5, 5.41) is 7.89. The third-order valence-corrected chi connectivity index (χ3v) is 8.13. The van der Waals surface area contributed by atoms with Gasteiger partial charge in [0.25, 0.3) is 5.91 Å². The van der Waals surface area contributed by atoms with E-state index in [1.807, 2.05) is 109 Å². The molecule has 0 bridgehead atoms. The number of nitrogens with one attached hydrogen (secondary N) is 2. The smallest absolute Gasteiger partial charge is 0.255 e. The molecule has 0 fully saturated rings. The average molecular weight is 566 g/mol. The van der Waals surface area contributed by atoms with Crippen molar-refractivity contribution in [2.75, 3.05) is 17.7 Å². The number of nitrogens with zero attached hydrogens (tertiary/aromatic N) is 1. The SMILES string of the molecule is COc1ccc(-c2csc(NC(=O)C(Sc3ccc(NC(=O)c4cccc(C)c4)cc3)c3ccccc3)n2)cc1. The summed E-state index contributed by atoms with van der Waals surface area (Å²) in [6, 6.07) is 32.3. The molecule has 0 aliphatic rings. The number of benzene rings is 4. The van der Waals surface area contributed by atoms with Gasteiger partial charge in [0.05, 0.1) is 12.8 Å². The monoisotopic (exact) mass is 565 g/mol. The summed E-state index contributed by atoms with van der Waals surface area (Å²) in [5.74, 6) is 0.448. The fourth-order valence-electron chi connectivity index (χ4n) is 4.04. The minimum Gasteiger partial charge on any atom is -0.497 e. The van der Waals surface area contributed by atoms with Crippen LogP contribution in [0, 0.1) is 6.92 Å². The third-order valence-electron chi connectivity index (χ3n) is 6.11. The van der Waals surface area contributed by atoms with Crippen LogP contribution in [-0.4, -0.2) is 23.9 Å². The van der Waals surface area contributed by atoms with E-state index in [-0.39, 0.29) is 11.8 Å². The van der Waals surface area contributed by atoms with E-state index in [1.165, 1.54) is 23.1 Å². The molecule has 1 unspecified atom stereocenters. The molecule has 8 heteroatoms. The average Bonchev–Trinajstić information content (AvgIpc) is 3.45. The zero-order valence-corrected chi connectivity index (χ0v) is 23.6. The number of rotatable bonds is 9. The predicted molar refractivity (Wildman–Crippen MR) is 163 cm³/mol. The molecule has 200 valence electrons. The fraction of sp³-hybridized carbons (Fsp3) is 0.0938. The summed E-state index contributed by atoms with van der Waals surface area (Å²) >= 11 is 2.82. The van der Waals surface area contributed by atoms with Gasteiger partial charge in [-0.15, -0.1) is 23.1 Å². The first-order valence-corrected chi connectivity index (χ1v) is 14.3. The molecule has 1 atom stereocenters. The van der Waals surface area contributed by atoms with Crippen LogP contribution in [0.4, 0.5) is 10.8 Å². The number of anilines is 2. The topological polar surface area (TPSA) is 80.3 Å². The van der Waals surface area contributed by atoms with E-state index in [1.54, 1.807) is 13.2 Å². The molecule has 2 N–H and O–H groups in total. The van der Waals surface area contributed by atoms with Crippen LogP contribution in [0.3, 0.4) is 0 Å². The highest BCUT2D eigenvalue weighted by Crippen LogP contribution is 2.37. The molecule has 1 heterocycles. The van der Waals surface area contributed by atoms with Crippen LogP contribution in [-0.2, 0) is 4.79 Å². The number of aryl methyl sites for hydroxylation is 1. The van der Waals surface area contributed by atoms with E-state index in [4.69, 9.17) is 4.74 Å². The van der Waals surface area contributed by atoms with Crippen molar-refractivity contribution < 1.29 is 14.3 Å². The molecular formula is C32H27N3O3S2. The van der Waals surface area contributed by atoms with Gasteiger partial charge in [0.2, 0.25) is 5.91 Å². The molecule has 1 aromatic heterocycles. The van der Waals surface area contributed by atoms with Gasteiger partial charge in [-0.3, -0.25) is 9.59 Å². The van der Waals surface area contributed by atoms with Gasteiger partial charge in [-0.2, -0.15) is 0 Å². The first kappa shape index (κ1) is 27.2. The molecule has 5 aromatic rings. The number of hydrogen-bond donors (Lipinski definition) is 2. The first-order valence-electron chi connectivity index (χ1n) is 12.6. The molecule has 0 saturated heterocycles. The summed E-state index contributed by atoms with van der Waals surface area (Å²) < 4.78 is 5.23. The highest BCUT2D eigenvalue weighted by atomic mass is 32.2. The summed E-state index contributed by atoms with van der Waals surface area (Å²) in [6.45, 7) is 1.95. The lowest BCUT2D eigenvalue weighted by molar-refractivity contribution is -0.115. The maximum absolute atomic E-state index is 13.5. The number of thioether (sulfide) groups is 1. The number of thiazole rings is 1. The van der Waals surface area contributed by atoms with E-state index in [2.05, 4.69) is 15.6 Å². The van der Waals surface area contributed by atoms with E-state index >= 15 is 0 Å². The Hall–Kier alpha value is -4.40. The first-order chi connectivity index (χ1) is 19.5. The summed E-state index contributed by atoms with van der Waals surface area (Å²) in [5.41, 5.74) is 4.94. The van der Waals surface area contributed by atoms with Gasteiger partial charge in [-0.05, 0) is 73.2 Å². The minimum atomic E-state index is -0.498. The molecule has 4 aromatic carbocycles. The minimum absolute atomic E-state index is 0.163. The number of carbonyl (C=O) groups excluding carboxylic acids is 2. The predicted octanol–water partition coefficient (Wildman–Crippen LogP) is 7.85. The van der Waals surface area contributed by atoms with E-state index in [0.717, 1.165) is 33.0 Å². The molecular weight excluding hydrogens is 539 g/mol. The quantitative estimate of drug-likeness (QED) is 0.178. The molecule has 0 aliphatic heterocycles. The van der Waals surface area contributed by atoms with Crippen molar-refractivity contribution in [3.63, 3.8) is 0 Å². The van der Waals surface area contributed by atoms with Crippen molar-refractivity contribution in [1.29, 1.82) is 0 Å². The van der Waals surface area contributed by atoms with Crippen LogP contribution >= 0.6 is 23.1 Å². The van der Waals surface area contributed by atoms with Crippen molar-refractivity contribution in [3.05, 3.63) is 125 Å². The second-order valence-corrected chi connectivity index (χ2v) is 11.0. The van der Waals surface area contributed by atoms with Gasteiger partial charge in [0.15, 0.2) is 5.13 Å². The number of amides is 2. The number of carbonyl (C=O) groups is 2. The third kappa shape index (κ3) is 6.77. The molecule has 0 saturated carbocycles. The zero-order valence-electron chi connectivity index (χ0n) is 22.0. The lowest BCUT2D eigenvalue weighted by Gasteiger charge is -2.16. The van der Waals surface area contributed by atoms with Crippen molar-refractivity contribution in [2.45, 2.75) is 17.1 Å². The van der Waals surface area contributed by atoms with E-state index < -0.39 is 5.25 Å². The lowest BCUT2D eigenvalue weighted by atomic mass is 10.1. The van der Waals surface area contributed by atoms with Gasteiger partial charge in [-0.25, -0.2) is 4.98 Å². The van der Waals surface area contributed by atoms with Crippen molar-refractivity contribution >= 4 is 45.7 Å². The Labute approximate surface area is 241 Å². The van der Waals surface area contributed by atoms with Gasteiger partial charge >= 0.3 is 0 Å². The number of methoxy groups -OCH3 is 1. The highest BCUT2D eigenvalue weighted by Gasteiger charge is 2.23. The summed E-state index contributed by atoms with van der Waals surface area (Å²) in [7, 11) is 1.63. The number of aromatic nitrogens is 1. The number of ether oxygens (including phenoxy) is 1. The highest BCUT2D eigenvalue weighted by molar-refractivity contribution is 8.00.